The molecule has 2 rings (SSSR count). The maximum atomic E-state index is 10.1. The van der Waals surface area contributed by atoms with Crippen LogP contribution in [0.3, 0.4) is 0 Å². The first kappa shape index (κ1) is 15.2. The maximum absolute atomic E-state index is 10.1. The summed E-state index contributed by atoms with van der Waals surface area (Å²) >= 11 is 3.62. The lowest BCUT2D eigenvalue weighted by Gasteiger charge is -2.56. The van der Waals surface area contributed by atoms with Crippen LogP contribution in [0.2, 0.25) is 0 Å². The zero-order chi connectivity index (χ0) is 14.5. The van der Waals surface area contributed by atoms with Crippen molar-refractivity contribution in [3.05, 3.63) is 24.3 Å². The Kier molecular flexibility index (Phi) is 3.76. The van der Waals surface area contributed by atoms with Gasteiger partial charge < -0.3 is 15.3 Å². The van der Waals surface area contributed by atoms with Crippen LogP contribution in [-0.4, -0.2) is 38.5 Å². The lowest BCUT2D eigenvalue weighted by molar-refractivity contribution is -0.0247. The lowest BCUT2D eigenvalue weighted by Crippen LogP contribution is -2.55. The van der Waals surface area contributed by atoms with Crippen LogP contribution in [0.1, 0.15) is 33.1 Å². The van der Waals surface area contributed by atoms with E-state index in [1.807, 2.05) is 6.08 Å². The maximum Gasteiger partial charge on any atom is 0.106 e. The van der Waals surface area contributed by atoms with Gasteiger partial charge >= 0.3 is 0 Å². The fourth-order valence-electron chi connectivity index (χ4n) is 3.56. The highest BCUT2D eigenvalue weighted by molar-refractivity contribution is 9.09. The van der Waals surface area contributed by atoms with Crippen molar-refractivity contribution in [1.82, 2.24) is 0 Å². The molecule has 2 aliphatic rings. The topological polar surface area (TPSA) is 60.7 Å². The third-order valence-electron chi connectivity index (χ3n) is 5.17. The van der Waals surface area contributed by atoms with E-state index in [0.29, 0.717) is 12.8 Å². The molecular formula is C15H23BrO3. The number of aliphatic hydroxyl groups is 3. The third-order valence-corrected chi connectivity index (χ3v) is 6.92. The van der Waals surface area contributed by atoms with Crippen molar-refractivity contribution in [1.29, 1.82) is 0 Å². The second kappa shape index (κ2) is 4.69. The number of halogens is 1. The van der Waals surface area contributed by atoms with E-state index in [-0.39, 0.29) is 22.3 Å². The Balaban J connectivity index is 2.43. The van der Waals surface area contributed by atoms with E-state index in [2.05, 4.69) is 36.4 Å². The molecule has 108 valence electrons. The van der Waals surface area contributed by atoms with Crippen LogP contribution in [0.4, 0.5) is 0 Å². The van der Waals surface area contributed by atoms with Crippen LogP contribution in [0.15, 0.2) is 24.3 Å². The molecule has 1 spiro atoms. The first-order valence-corrected chi connectivity index (χ1v) is 7.64. The smallest absolute Gasteiger partial charge is 0.106 e. The van der Waals surface area contributed by atoms with Gasteiger partial charge in [-0.25, -0.2) is 0 Å². The van der Waals surface area contributed by atoms with E-state index >= 15 is 0 Å². The molecule has 1 fully saturated rings. The molecule has 0 saturated heterocycles. The molecule has 4 atom stereocenters. The third kappa shape index (κ3) is 2.13. The number of allylic oxidation sites excluding steroid dienone is 1. The molecule has 3 nitrogen and oxygen atoms in total. The Hall–Kier alpha value is -0.160. The van der Waals surface area contributed by atoms with Gasteiger partial charge in [0.25, 0.3) is 0 Å². The second-order valence-electron chi connectivity index (χ2n) is 6.56. The average Bonchev–Trinajstić information content (AvgIpc) is 2.37. The second-order valence-corrected chi connectivity index (χ2v) is 7.55. The molecule has 4 heteroatoms. The summed E-state index contributed by atoms with van der Waals surface area (Å²) in [6, 6.07) is 0. The molecule has 0 bridgehead atoms. The molecular weight excluding hydrogens is 308 g/mol. The molecule has 0 amide bonds. The molecule has 0 aromatic rings. The lowest BCUT2D eigenvalue weighted by atomic mass is 9.51. The molecule has 4 unspecified atom stereocenters. The van der Waals surface area contributed by atoms with Crippen LogP contribution < -0.4 is 0 Å². The van der Waals surface area contributed by atoms with Crippen molar-refractivity contribution in [2.75, 3.05) is 6.61 Å². The summed E-state index contributed by atoms with van der Waals surface area (Å²) in [4.78, 5) is -0.0181. The normalized spacial score (nSPS) is 45.7. The van der Waals surface area contributed by atoms with Crippen molar-refractivity contribution in [3.63, 3.8) is 0 Å². The fraction of sp³-hybridized carbons (Fsp3) is 0.733. The van der Waals surface area contributed by atoms with Crippen molar-refractivity contribution >= 4 is 15.9 Å². The average molecular weight is 331 g/mol. The molecule has 1 saturated carbocycles. The van der Waals surface area contributed by atoms with Gasteiger partial charge in [-0.2, -0.15) is 0 Å². The zero-order valence-electron chi connectivity index (χ0n) is 11.6. The van der Waals surface area contributed by atoms with Gasteiger partial charge in [0.15, 0.2) is 0 Å². The highest BCUT2D eigenvalue weighted by Crippen LogP contribution is 2.60. The van der Waals surface area contributed by atoms with Crippen LogP contribution in [-0.2, 0) is 0 Å². The van der Waals surface area contributed by atoms with Gasteiger partial charge in [-0.05, 0) is 24.7 Å². The van der Waals surface area contributed by atoms with Gasteiger partial charge in [0, 0.05) is 10.2 Å². The molecule has 2 aliphatic carbocycles. The van der Waals surface area contributed by atoms with Gasteiger partial charge in [0.2, 0.25) is 0 Å². The van der Waals surface area contributed by atoms with Crippen LogP contribution in [0.25, 0.3) is 0 Å². The standard InChI is InChI=1S/C15H23BrO3/c1-10-8-11(18)12(16)13(2,3)15(10)6-4-14(19,9-17)5-7-15/h4,6,11-12,17-19H,1,5,7-9H2,2-3H3. The highest BCUT2D eigenvalue weighted by atomic mass is 79.9. The minimum absolute atomic E-state index is 0.0181. The van der Waals surface area contributed by atoms with E-state index in [0.717, 1.165) is 12.0 Å². The molecule has 3 N–H and O–H groups in total. The zero-order valence-corrected chi connectivity index (χ0v) is 13.2. The predicted octanol–water partition coefficient (Wildman–Crippen LogP) is 2.16. The number of rotatable bonds is 1. The molecule has 0 aromatic carbocycles. The number of hydrogen-bond acceptors (Lipinski definition) is 3. The van der Waals surface area contributed by atoms with E-state index in [1.165, 1.54) is 0 Å². The Morgan fingerprint density at radius 3 is 2.47 bits per heavy atom. The van der Waals surface area contributed by atoms with Gasteiger partial charge in [-0.15, -0.1) is 0 Å². The largest absolute Gasteiger partial charge is 0.393 e. The van der Waals surface area contributed by atoms with E-state index < -0.39 is 11.7 Å². The molecule has 0 heterocycles. The van der Waals surface area contributed by atoms with Crippen LogP contribution >= 0.6 is 15.9 Å². The first-order valence-electron chi connectivity index (χ1n) is 6.72. The molecule has 0 aromatic heterocycles. The summed E-state index contributed by atoms with van der Waals surface area (Å²) in [5, 5.41) is 29.5. The SMILES string of the molecule is C=C1CC(O)C(Br)C(C)(C)C12C=CC(O)(CO)CC2. The van der Waals surface area contributed by atoms with Gasteiger partial charge in [0.05, 0.1) is 12.7 Å². The Morgan fingerprint density at radius 2 is 2.00 bits per heavy atom. The minimum atomic E-state index is -1.11. The number of alkyl halides is 1. The minimum Gasteiger partial charge on any atom is -0.393 e. The fourth-order valence-corrected chi connectivity index (χ4v) is 4.16. The van der Waals surface area contributed by atoms with Crippen LogP contribution in [0.5, 0.6) is 0 Å². The summed E-state index contributed by atoms with van der Waals surface area (Å²) in [5.74, 6) is 0. The molecule has 0 radical (unpaired) electrons. The van der Waals surface area contributed by atoms with Crippen molar-refractivity contribution in [3.8, 4) is 0 Å². The quantitative estimate of drug-likeness (QED) is 0.510. The summed E-state index contributed by atoms with van der Waals surface area (Å²) < 4.78 is 0. The van der Waals surface area contributed by atoms with Crippen LogP contribution in [0, 0.1) is 10.8 Å². The number of hydrogen-bond donors (Lipinski definition) is 3. The predicted molar refractivity (Wildman–Crippen MR) is 79.1 cm³/mol. The van der Waals surface area contributed by atoms with E-state index in [9.17, 15) is 15.3 Å². The van der Waals surface area contributed by atoms with E-state index in [1.54, 1.807) is 6.08 Å². The number of aliphatic hydroxyl groups excluding tert-OH is 2. The molecule has 19 heavy (non-hydrogen) atoms. The van der Waals surface area contributed by atoms with Gasteiger partial charge in [-0.1, -0.05) is 54.1 Å². The van der Waals surface area contributed by atoms with Gasteiger partial charge in [-0.3, -0.25) is 0 Å². The summed E-state index contributed by atoms with van der Waals surface area (Å²) in [6.07, 6.45) is 5.09. The molecule has 0 aliphatic heterocycles. The van der Waals surface area contributed by atoms with Crippen molar-refractivity contribution in [2.45, 2.75) is 49.6 Å². The summed E-state index contributed by atoms with van der Waals surface area (Å²) in [7, 11) is 0. The van der Waals surface area contributed by atoms with E-state index in [4.69, 9.17) is 0 Å². The van der Waals surface area contributed by atoms with Gasteiger partial charge in [0.1, 0.15) is 5.60 Å². The van der Waals surface area contributed by atoms with Crippen molar-refractivity contribution in [2.24, 2.45) is 10.8 Å². The van der Waals surface area contributed by atoms with Crippen molar-refractivity contribution < 1.29 is 15.3 Å². The first-order chi connectivity index (χ1) is 8.68. The monoisotopic (exact) mass is 330 g/mol. The Bertz CT molecular complexity index is 418. The summed E-state index contributed by atoms with van der Waals surface area (Å²) in [6.45, 7) is 8.15. The Morgan fingerprint density at radius 1 is 1.37 bits per heavy atom. The Labute approximate surface area is 123 Å². The highest BCUT2D eigenvalue weighted by Gasteiger charge is 2.56. The summed E-state index contributed by atoms with van der Waals surface area (Å²) in [5.41, 5.74) is -0.534.